The highest BCUT2D eigenvalue weighted by Gasteiger charge is 2.31. The summed E-state index contributed by atoms with van der Waals surface area (Å²) < 4.78 is 5.25. The zero-order valence-electron chi connectivity index (χ0n) is 8.17. The molecule has 1 aliphatic rings. The molecule has 0 N–H and O–H groups in total. The molecule has 2 atom stereocenters. The summed E-state index contributed by atoms with van der Waals surface area (Å²) in [6.45, 7) is 5.90. The zero-order chi connectivity index (χ0) is 9.14. The lowest BCUT2D eigenvalue weighted by Gasteiger charge is -2.22. The maximum Gasteiger partial charge on any atom is 0.302 e. The second kappa shape index (κ2) is 3.92. The minimum atomic E-state index is -0.132. The first kappa shape index (κ1) is 9.56. The molecule has 0 aromatic rings. The van der Waals surface area contributed by atoms with Crippen molar-refractivity contribution in [3.05, 3.63) is 0 Å². The summed E-state index contributed by atoms with van der Waals surface area (Å²) in [5, 5.41) is 0. The Balaban J connectivity index is 2.46. The molecule has 2 heteroatoms. The number of carbonyl (C=O) groups excluding carboxylic acids is 1. The average Bonchev–Trinajstić information content (AvgIpc) is 2.33. The Bertz CT molecular complexity index is 163. The Labute approximate surface area is 74.3 Å². The Hall–Kier alpha value is -0.530. The molecule has 2 nitrogen and oxygen atoms in total. The Morgan fingerprint density at radius 1 is 1.42 bits per heavy atom. The standard InChI is InChI=1S/C10H18O2/c1-7(2)9-5-4-6-10(9)12-8(3)11/h7,9-10H,4-6H2,1-3H3/t9-,10+/m1/s1. The maximum atomic E-state index is 10.7. The predicted molar refractivity (Wildman–Crippen MR) is 47.7 cm³/mol. The third-order valence-corrected chi connectivity index (χ3v) is 2.68. The van der Waals surface area contributed by atoms with Gasteiger partial charge in [0.2, 0.25) is 0 Å². The molecule has 0 aromatic heterocycles. The van der Waals surface area contributed by atoms with Crippen molar-refractivity contribution in [1.29, 1.82) is 0 Å². The average molecular weight is 170 g/mol. The number of esters is 1. The van der Waals surface area contributed by atoms with Crippen molar-refractivity contribution < 1.29 is 9.53 Å². The molecule has 1 aliphatic carbocycles. The van der Waals surface area contributed by atoms with Gasteiger partial charge in [0.15, 0.2) is 0 Å². The molecule has 0 radical (unpaired) electrons. The number of rotatable bonds is 2. The van der Waals surface area contributed by atoms with E-state index in [0.717, 1.165) is 6.42 Å². The lowest BCUT2D eigenvalue weighted by Crippen LogP contribution is -2.24. The largest absolute Gasteiger partial charge is 0.462 e. The van der Waals surface area contributed by atoms with E-state index in [4.69, 9.17) is 4.74 Å². The van der Waals surface area contributed by atoms with Gasteiger partial charge in [0.05, 0.1) is 0 Å². The fourth-order valence-electron chi connectivity index (χ4n) is 2.08. The molecule has 0 aliphatic heterocycles. The SMILES string of the molecule is CC(=O)O[C@H]1CCC[C@@H]1C(C)C. The van der Waals surface area contributed by atoms with Crippen LogP contribution in [0.5, 0.6) is 0 Å². The van der Waals surface area contributed by atoms with E-state index in [2.05, 4.69) is 13.8 Å². The van der Waals surface area contributed by atoms with Gasteiger partial charge in [-0.15, -0.1) is 0 Å². The van der Waals surface area contributed by atoms with Crippen molar-refractivity contribution in [2.24, 2.45) is 11.8 Å². The number of ether oxygens (including phenoxy) is 1. The topological polar surface area (TPSA) is 26.3 Å². The zero-order valence-corrected chi connectivity index (χ0v) is 8.17. The third-order valence-electron chi connectivity index (χ3n) is 2.68. The van der Waals surface area contributed by atoms with E-state index in [0.29, 0.717) is 11.8 Å². The molecule has 1 rings (SSSR count). The van der Waals surface area contributed by atoms with E-state index in [1.54, 1.807) is 0 Å². The highest BCUT2D eigenvalue weighted by atomic mass is 16.5. The van der Waals surface area contributed by atoms with Crippen LogP contribution >= 0.6 is 0 Å². The lowest BCUT2D eigenvalue weighted by molar-refractivity contribution is -0.148. The van der Waals surface area contributed by atoms with E-state index in [-0.39, 0.29) is 12.1 Å². The number of carbonyl (C=O) groups is 1. The van der Waals surface area contributed by atoms with Crippen molar-refractivity contribution in [3.63, 3.8) is 0 Å². The molecule has 70 valence electrons. The summed E-state index contributed by atoms with van der Waals surface area (Å²) in [4.78, 5) is 10.7. The Morgan fingerprint density at radius 2 is 2.08 bits per heavy atom. The van der Waals surface area contributed by atoms with Crippen molar-refractivity contribution in [2.45, 2.75) is 46.1 Å². The van der Waals surface area contributed by atoms with Gasteiger partial charge in [0.25, 0.3) is 0 Å². The molecule has 0 bridgehead atoms. The first-order valence-corrected chi connectivity index (χ1v) is 4.78. The molecule has 0 unspecified atom stereocenters. The van der Waals surface area contributed by atoms with Gasteiger partial charge in [-0.2, -0.15) is 0 Å². The van der Waals surface area contributed by atoms with Crippen LogP contribution in [0.3, 0.4) is 0 Å². The summed E-state index contributed by atoms with van der Waals surface area (Å²) in [7, 11) is 0. The van der Waals surface area contributed by atoms with Crippen LogP contribution in [0.2, 0.25) is 0 Å². The van der Waals surface area contributed by atoms with E-state index in [1.807, 2.05) is 0 Å². The monoisotopic (exact) mass is 170 g/mol. The molecule has 0 saturated heterocycles. The van der Waals surface area contributed by atoms with Crippen molar-refractivity contribution in [3.8, 4) is 0 Å². The first-order valence-electron chi connectivity index (χ1n) is 4.78. The van der Waals surface area contributed by atoms with Crippen LogP contribution in [0.4, 0.5) is 0 Å². The van der Waals surface area contributed by atoms with Gasteiger partial charge in [-0.25, -0.2) is 0 Å². The summed E-state index contributed by atoms with van der Waals surface area (Å²) in [5.41, 5.74) is 0. The fourth-order valence-corrected chi connectivity index (χ4v) is 2.08. The van der Waals surface area contributed by atoms with Gasteiger partial charge in [0.1, 0.15) is 6.10 Å². The van der Waals surface area contributed by atoms with E-state index >= 15 is 0 Å². The second-order valence-corrected chi connectivity index (χ2v) is 3.99. The second-order valence-electron chi connectivity index (χ2n) is 3.99. The molecule has 1 saturated carbocycles. The van der Waals surface area contributed by atoms with Gasteiger partial charge in [-0.3, -0.25) is 4.79 Å². The highest BCUT2D eigenvalue weighted by molar-refractivity contribution is 5.66. The van der Waals surface area contributed by atoms with E-state index in [9.17, 15) is 4.79 Å². The highest BCUT2D eigenvalue weighted by Crippen LogP contribution is 2.33. The normalized spacial score (nSPS) is 29.3. The number of hydrogen-bond donors (Lipinski definition) is 0. The molecule has 0 heterocycles. The van der Waals surface area contributed by atoms with Crippen molar-refractivity contribution in [1.82, 2.24) is 0 Å². The van der Waals surface area contributed by atoms with E-state index < -0.39 is 0 Å². The summed E-state index contributed by atoms with van der Waals surface area (Å²) >= 11 is 0. The summed E-state index contributed by atoms with van der Waals surface area (Å²) in [6, 6.07) is 0. The van der Waals surface area contributed by atoms with Gasteiger partial charge in [-0.05, 0) is 31.1 Å². The molecule has 1 fully saturated rings. The molecule has 0 aromatic carbocycles. The number of hydrogen-bond acceptors (Lipinski definition) is 2. The summed E-state index contributed by atoms with van der Waals surface area (Å²) in [6.07, 6.45) is 3.68. The Morgan fingerprint density at radius 3 is 2.58 bits per heavy atom. The molecule has 12 heavy (non-hydrogen) atoms. The van der Waals surface area contributed by atoms with Crippen LogP contribution in [0.15, 0.2) is 0 Å². The summed E-state index contributed by atoms with van der Waals surface area (Å²) in [5.74, 6) is 1.10. The van der Waals surface area contributed by atoms with Crippen LogP contribution in [-0.4, -0.2) is 12.1 Å². The minimum absolute atomic E-state index is 0.132. The van der Waals surface area contributed by atoms with E-state index in [1.165, 1.54) is 19.8 Å². The van der Waals surface area contributed by atoms with Crippen LogP contribution < -0.4 is 0 Å². The third kappa shape index (κ3) is 2.23. The van der Waals surface area contributed by atoms with Crippen LogP contribution in [0.1, 0.15) is 40.0 Å². The molecule has 0 amide bonds. The van der Waals surface area contributed by atoms with Gasteiger partial charge in [0, 0.05) is 6.92 Å². The van der Waals surface area contributed by atoms with Crippen LogP contribution in [-0.2, 0) is 9.53 Å². The first-order chi connectivity index (χ1) is 5.61. The minimum Gasteiger partial charge on any atom is -0.462 e. The quantitative estimate of drug-likeness (QED) is 0.595. The predicted octanol–water partition coefficient (Wildman–Crippen LogP) is 2.37. The fraction of sp³-hybridized carbons (Fsp3) is 0.900. The van der Waals surface area contributed by atoms with Crippen molar-refractivity contribution in [2.75, 3.05) is 0 Å². The molecular formula is C10H18O2. The van der Waals surface area contributed by atoms with Gasteiger partial charge < -0.3 is 4.74 Å². The Kier molecular flexibility index (Phi) is 3.12. The van der Waals surface area contributed by atoms with Crippen LogP contribution in [0.25, 0.3) is 0 Å². The maximum absolute atomic E-state index is 10.7. The molecule has 0 spiro atoms. The van der Waals surface area contributed by atoms with Gasteiger partial charge >= 0.3 is 5.97 Å². The smallest absolute Gasteiger partial charge is 0.302 e. The lowest BCUT2D eigenvalue weighted by atomic mass is 9.92. The van der Waals surface area contributed by atoms with Gasteiger partial charge in [-0.1, -0.05) is 13.8 Å². The van der Waals surface area contributed by atoms with Crippen molar-refractivity contribution >= 4 is 5.97 Å². The molecular weight excluding hydrogens is 152 g/mol. The van der Waals surface area contributed by atoms with Crippen LogP contribution in [0, 0.1) is 11.8 Å².